The number of sulfone groups is 1. The minimum atomic E-state index is -3.20. The van der Waals surface area contributed by atoms with Gasteiger partial charge in [-0.3, -0.25) is 9.59 Å². The standard InChI is InChI=1S/C12H11F2NO4S/c1-20(18,19)4-2-3-15-10-6-9(14)8(13)5-7(10)11(16)12(15)17/h5-6H,2-4H2,1H3. The Morgan fingerprint density at radius 1 is 1.15 bits per heavy atom. The zero-order valence-electron chi connectivity index (χ0n) is 10.5. The number of hydrogen-bond donors (Lipinski definition) is 0. The number of fused-ring (bicyclic) bond motifs is 1. The maximum Gasteiger partial charge on any atom is 0.299 e. The van der Waals surface area contributed by atoms with Crippen LogP contribution in [-0.2, 0) is 14.6 Å². The molecule has 0 unspecified atom stereocenters. The zero-order chi connectivity index (χ0) is 15.1. The largest absolute Gasteiger partial charge is 0.305 e. The van der Waals surface area contributed by atoms with Gasteiger partial charge in [-0.2, -0.15) is 0 Å². The lowest BCUT2D eigenvalue weighted by atomic mass is 10.1. The molecule has 0 saturated heterocycles. The summed E-state index contributed by atoms with van der Waals surface area (Å²) in [6.45, 7) is -0.0459. The van der Waals surface area contributed by atoms with Gasteiger partial charge in [0.25, 0.3) is 11.7 Å². The van der Waals surface area contributed by atoms with E-state index >= 15 is 0 Å². The summed E-state index contributed by atoms with van der Waals surface area (Å²) in [5, 5.41) is 0. The minimum Gasteiger partial charge on any atom is -0.305 e. The first-order chi connectivity index (χ1) is 9.20. The zero-order valence-corrected chi connectivity index (χ0v) is 11.3. The molecule has 0 bridgehead atoms. The maximum atomic E-state index is 13.2. The van der Waals surface area contributed by atoms with Crippen molar-refractivity contribution in [2.75, 3.05) is 23.5 Å². The molecule has 20 heavy (non-hydrogen) atoms. The van der Waals surface area contributed by atoms with Crippen LogP contribution in [-0.4, -0.2) is 38.7 Å². The Bertz CT molecular complexity index is 700. The molecule has 108 valence electrons. The summed E-state index contributed by atoms with van der Waals surface area (Å²) in [5.41, 5.74) is -0.222. The van der Waals surface area contributed by atoms with Crippen molar-refractivity contribution in [1.29, 1.82) is 0 Å². The monoisotopic (exact) mass is 303 g/mol. The number of carbonyl (C=O) groups is 2. The number of hydrogen-bond acceptors (Lipinski definition) is 4. The SMILES string of the molecule is CS(=O)(=O)CCCN1C(=O)C(=O)c2cc(F)c(F)cc21. The number of carbonyl (C=O) groups excluding carboxylic acids is 2. The molecular weight excluding hydrogens is 292 g/mol. The van der Waals surface area contributed by atoms with Crippen LogP contribution in [0.15, 0.2) is 12.1 Å². The van der Waals surface area contributed by atoms with Gasteiger partial charge in [-0.05, 0) is 12.5 Å². The molecule has 1 aromatic carbocycles. The number of anilines is 1. The molecular formula is C12H11F2NO4S. The number of nitrogens with zero attached hydrogens (tertiary/aromatic N) is 1. The highest BCUT2D eigenvalue weighted by molar-refractivity contribution is 7.90. The van der Waals surface area contributed by atoms with Crippen molar-refractivity contribution in [3.05, 3.63) is 29.3 Å². The molecule has 0 aliphatic carbocycles. The molecule has 1 aliphatic rings. The van der Waals surface area contributed by atoms with Crippen LogP contribution in [0.4, 0.5) is 14.5 Å². The van der Waals surface area contributed by atoms with Crippen molar-refractivity contribution in [1.82, 2.24) is 0 Å². The van der Waals surface area contributed by atoms with Crippen LogP contribution in [0.1, 0.15) is 16.8 Å². The summed E-state index contributed by atoms with van der Waals surface area (Å²) in [6, 6.07) is 1.45. The lowest BCUT2D eigenvalue weighted by Gasteiger charge is -2.16. The van der Waals surface area contributed by atoms with Crippen LogP contribution in [0.25, 0.3) is 0 Å². The summed E-state index contributed by atoms with van der Waals surface area (Å²) in [7, 11) is -3.20. The predicted octanol–water partition coefficient (Wildman–Crippen LogP) is 0.929. The van der Waals surface area contributed by atoms with Gasteiger partial charge < -0.3 is 4.90 Å². The molecule has 8 heteroatoms. The third-order valence-corrected chi connectivity index (χ3v) is 3.94. The lowest BCUT2D eigenvalue weighted by Crippen LogP contribution is -2.31. The minimum absolute atomic E-state index is 0.0209. The molecule has 0 N–H and O–H groups in total. The molecule has 1 aliphatic heterocycles. The molecule has 0 atom stereocenters. The van der Waals surface area contributed by atoms with E-state index in [1.54, 1.807) is 0 Å². The first-order valence-electron chi connectivity index (χ1n) is 5.73. The third-order valence-electron chi connectivity index (χ3n) is 2.91. The van der Waals surface area contributed by atoms with Crippen LogP contribution in [0.3, 0.4) is 0 Å². The van der Waals surface area contributed by atoms with Crippen molar-refractivity contribution >= 4 is 27.2 Å². The van der Waals surface area contributed by atoms with E-state index in [0.29, 0.717) is 6.07 Å². The second kappa shape index (κ2) is 4.93. The molecule has 0 aromatic heterocycles. The van der Waals surface area contributed by atoms with E-state index in [2.05, 4.69) is 0 Å². The Kier molecular flexibility index (Phi) is 3.59. The van der Waals surface area contributed by atoms with E-state index < -0.39 is 33.2 Å². The van der Waals surface area contributed by atoms with Crippen LogP contribution < -0.4 is 4.90 Å². The van der Waals surface area contributed by atoms with Crippen LogP contribution >= 0.6 is 0 Å². The van der Waals surface area contributed by atoms with E-state index in [1.165, 1.54) is 0 Å². The van der Waals surface area contributed by atoms with E-state index in [0.717, 1.165) is 17.2 Å². The van der Waals surface area contributed by atoms with Gasteiger partial charge >= 0.3 is 0 Å². The summed E-state index contributed by atoms with van der Waals surface area (Å²) < 4.78 is 48.3. The summed E-state index contributed by atoms with van der Waals surface area (Å²) in [6.07, 6.45) is 1.16. The predicted molar refractivity (Wildman–Crippen MR) is 67.4 cm³/mol. The fraction of sp³-hybridized carbons (Fsp3) is 0.333. The van der Waals surface area contributed by atoms with E-state index in [-0.39, 0.29) is 30.0 Å². The number of ketones is 1. The molecule has 0 saturated carbocycles. The molecule has 0 radical (unpaired) electrons. The highest BCUT2D eigenvalue weighted by atomic mass is 32.2. The van der Waals surface area contributed by atoms with Gasteiger partial charge in [0, 0.05) is 18.9 Å². The third kappa shape index (κ3) is 2.69. The van der Waals surface area contributed by atoms with Crippen molar-refractivity contribution in [2.45, 2.75) is 6.42 Å². The van der Waals surface area contributed by atoms with Crippen molar-refractivity contribution in [3.8, 4) is 0 Å². The lowest BCUT2D eigenvalue weighted by molar-refractivity contribution is -0.114. The highest BCUT2D eigenvalue weighted by Crippen LogP contribution is 2.31. The van der Waals surface area contributed by atoms with Crippen LogP contribution in [0, 0.1) is 11.6 Å². The van der Waals surface area contributed by atoms with Gasteiger partial charge in [0.1, 0.15) is 9.84 Å². The molecule has 2 rings (SSSR count). The quantitative estimate of drug-likeness (QED) is 0.776. The summed E-state index contributed by atoms with van der Waals surface area (Å²) >= 11 is 0. The first kappa shape index (κ1) is 14.6. The number of amides is 1. The van der Waals surface area contributed by atoms with Crippen molar-refractivity contribution < 1.29 is 26.8 Å². The molecule has 1 aromatic rings. The topological polar surface area (TPSA) is 71.5 Å². The van der Waals surface area contributed by atoms with Gasteiger partial charge in [0.2, 0.25) is 0 Å². The second-order valence-corrected chi connectivity index (χ2v) is 6.81. The fourth-order valence-electron chi connectivity index (χ4n) is 2.00. The highest BCUT2D eigenvalue weighted by Gasteiger charge is 2.36. The van der Waals surface area contributed by atoms with Crippen LogP contribution in [0.2, 0.25) is 0 Å². The number of halogens is 2. The number of Topliss-reactive ketones (excluding diaryl/α,β-unsaturated/α-hetero) is 1. The van der Waals surface area contributed by atoms with Crippen molar-refractivity contribution in [3.63, 3.8) is 0 Å². The van der Waals surface area contributed by atoms with Crippen LogP contribution in [0.5, 0.6) is 0 Å². The first-order valence-corrected chi connectivity index (χ1v) is 7.80. The summed E-state index contributed by atoms with van der Waals surface area (Å²) in [5.74, 6) is -4.36. The van der Waals surface area contributed by atoms with Gasteiger partial charge in [-0.25, -0.2) is 17.2 Å². The number of benzene rings is 1. The Labute approximate surface area is 114 Å². The second-order valence-electron chi connectivity index (χ2n) is 4.55. The average molecular weight is 303 g/mol. The fourth-order valence-corrected chi connectivity index (χ4v) is 2.65. The molecule has 0 spiro atoms. The van der Waals surface area contributed by atoms with E-state index in [9.17, 15) is 26.8 Å². The molecule has 1 heterocycles. The van der Waals surface area contributed by atoms with Gasteiger partial charge in [0.15, 0.2) is 11.6 Å². The van der Waals surface area contributed by atoms with E-state index in [1.807, 2.05) is 0 Å². The van der Waals surface area contributed by atoms with E-state index in [4.69, 9.17) is 0 Å². The normalized spacial score (nSPS) is 14.8. The Balaban J connectivity index is 2.26. The summed E-state index contributed by atoms with van der Waals surface area (Å²) in [4.78, 5) is 24.3. The Morgan fingerprint density at radius 3 is 2.35 bits per heavy atom. The van der Waals surface area contributed by atoms with Crippen molar-refractivity contribution in [2.24, 2.45) is 0 Å². The molecule has 0 fully saturated rings. The van der Waals surface area contributed by atoms with Gasteiger partial charge in [-0.1, -0.05) is 0 Å². The number of rotatable bonds is 4. The van der Waals surface area contributed by atoms with Gasteiger partial charge in [0.05, 0.1) is 17.0 Å². The average Bonchev–Trinajstić information content (AvgIpc) is 2.54. The molecule has 5 nitrogen and oxygen atoms in total. The Hall–Kier alpha value is -1.83. The molecule has 1 amide bonds. The Morgan fingerprint density at radius 2 is 1.75 bits per heavy atom. The smallest absolute Gasteiger partial charge is 0.299 e. The maximum absolute atomic E-state index is 13.2. The van der Waals surface area contributed by atoms with Gasteiger partial charge in [-0.15, -0.1) is 0 Å².